The van der Waals surface area contributed by atoms with Crippen molar-refractivity contribution in [2.24, 2.45) is 16.6 Å². The van der Waals surface area contributed by atoms with Crippen LogP contribution in [0.1, 0.15) is 24.6 Å². The highest BCUT2D eigenvalue weighted by Gasteiger charge is 2.31. The Balaban J connectivity index is 1.81. The largest absolute Gasteiger partial charge is 0.358 e. The second-order valence-corrected chi connectivity index (χ2v) is 6.74. The van der Waals surface area contributed by atoms with Crippen LogP contribution in [0.4, 0.5) is 0 Å². The first-order chi connectivity index (χ1) is 14.0. The molecule has 2 N–H and O–H groups in total. The van der Waals surface area contributed by atoms with Gasteiger partial charge in [-0.3, -0.25) is 15.4 Å². The Morgan fingerprint density at radius 1 is 1.45 bits per heavy atom. The zero-order valence-electron chi connectivity index (χ0n) is 15.5. The van der Waals surface area contributed by atoms with E-state index in [1.807, 2.05) is 10.9 Å². The summed E-state index contributed by atoms with van der Waals surface area (Å²) in [6.45, 7) is 0. The molecule has 1 saturated carbocycles. The van der Waals surface area contributed by atoms with Crippen LogP contribution in [0.15, 0.2) is 41.7 Å². The third-order valence-electron chi connectivity index (χ3n) is 4.94. The van der Waals surface area contributed by atoms with Gasteiger partial charge in [0, 0.05) is 25.0 Å². The first-order valence-electron chi connectivity index (χ1n) is 8.87. The van der Waals surface area contributed by atoms with Crippen molar-refractivity contribution < 1.29 is 4.92 Å². The van der Waals surface area contributed by atoms with Gasteiger partial charge in [0.2, 0.25) is 0 Å². The molecule has 3 aromatic rings. The molecular formula is C18H17N9O2. The van der Waals surface area contributed by atoms with E-state index < -0.39 is 10.7 Å². The Hall–Kier alpha value is -4.07. The number of nitriles is 1. The standard InChI is InChI=1S/C18H17N9O2/c1-21-8-14(18(20)27(28)29)15-10-26-16(2-3-22-26)17(24-15)12-7-23-25(9-12)13-4-11(5-13)6-19/h2-3,7-11,13H,4-5,20H2,1H3. The molecule has 0 bridgehead atoms. The topological polar surface area (TPSA) is 153 Å². The zero-order valence-corrected chi connectivity index (χ0v) is 15.5. The fourth-order valence-corrected chi connectivity index (χ4v) is 3.33. The van der Waals surface area contributed by atoms with Gasteiger partial charge in [-0.05, 0) is 23.8 Å². The molecule has 146 valence electrons. The number of nitro groups is 1. The Kier molecular flexibility index (Phi) is 4.52. The fourth-order valence-electron chi connectivity index (χ4n) is 3.33. The van der Waals surface area contributed by atoms with Gasteiger partial charge in [0.1, 0.15) is 5.57 Å². The van der Waals surface area contributed by atoms with Crippen LogP contribution in [0.5, 0.6) is 0 Å². The highest BCUT2D eigenvalue weighted by Crippen LogP contribution is 2.37. The number of allylic oxidation sites excluding steroid dienone is 1. The van der Waals surface area contributed by atoms with Gasteiger partial charge in [-0.15, -0.1) is 0 Å². The van der Waals surface area contributed by atoms with E-state index >= 15 is 0 Å². The highest BCUT2D eigenvalue weighted by atomic mass is 16.6. The highest BCUT2D eigenvalue weighted by molar-refractivity contribution is 6.09. The lowest BCUT2D eigenvalue weighted by atomic mass is 9.81. The molecular weight excluding hydrogens is 374 g/mol. The summed E-state index contributed by atoms with van der Waals surface area (Å²) in [6, 6.07) is 4.25. The van der Waals surface area contributed by atoms with Gasteiger partial charge in [0.15, 0.2) is 0 Å². The molecule has 0 aliphatic heterocycles. The lowest BCUT2D eigenvalue weighted by Gasteiger charge is -2.30. The SMILES string of the molecule is CN=CC(=C(N)[N+](=O)[O-])c1cn2nccc2c(-c2cnn(C3CC(C#N)C3)c2)n1. The van der Waals surface area contributed by atoms with Gasteiger partial charge in [0.05, 0.1) is 53.5 Å². The average molecular weight is 391 g/mol. The quantitative estimate of drug-likeness (QED) is 0.394. The van der Waals surface area contributed by atoms with Crippen molar-refractivity contribution in [1.82, 2.24) is 24.4 Å². The van der Waals surface area contributed by atoms with E-state index in [4.69, 9.17) is 11.0 Å². The summed E-state index contributed by atoms with van der Waals surface area (Å²) in [5.41, 5.74) is 8.07. The number of nitrogens with zero attached hydrogens (tertiary/aromatic N) is 8. The van der Waals surface area contributed by atoms with Gasteiger partial charge < -0.3 is 10.1 Å². The van der Waals surface area contributed by atoms with Crippen LogP contribution in [0.25, 0.3) is 22.3 Å². The fraction of sp³-hybridized carbons (Fsp3) is 0.278. The molecule has 0 spiro atoms. The molecule has 1 aliphatic rings. The van der Waals surface area contributed by atoms with Crippen LogP contribution in [0.2, 0.25) is 0 Å². The van der Waals surface area contributed by atoms with E-state index in [1.165, 1.54) is 13.3 Å². The predicted octanol–water partition coefficient (Wildman–Crippen LogP) is 1.67. The van der Waals surface area contributed by atoms with Crippen molar-refractivity contribution in [2.75, 3.05) is 7.05 Å². The molecule has 0 aromatic carbocycles. The van der Waals surface area contributed by atoms with Crippen molar-refractivity contribution >= 4 is 17.3 Å². The predicted molar refractivity (Wildman–Crippen MR) is 104 cm³/mol. The molecule has 0 unspecified atom stereocenters. The third-order valence-corrected chi connectivity index (χ3v) is 4.94. The summed E-state index contributed by atoms with van der Waals surface area (Å²) >= 11 is 0. The Morgan fingerprint density at radius 3 is 2.93 bits per heavy atom. The minimum absolute atomic E-state index is 0.0711. The smallest absolute Gasteiger partial charge is 0.325 e. The first-order valence-corrected chi connectivity index (χ1v) is 8.87. The van der Waals surface area contributed by atoms with Crippen LogP contribution >= 0.6 is 0 Å². The Labute approximate surface area is 164 Å². The van der Waals surface area contributed by atoms with Gasteiger partial charge in [-0.2, -0.15) is 15.5 Å². The van der Waals surface area contributed by atoms with Crippen LogP contribution in [0, 0.1) is 27.4 Å². The van der Waals surface area contributed by atoms with Crippen molar-refractivity contribution in [2.45, 2.75) is 18.9 Å². The van der Waals surface area contributed by atoms with E-state index in [2.05, 4.69) is 26.2 Å². The van der Waals surface area contributed by atoms with Crippen molar-refractivity contribution in [3.8, 4) is 17.3 Å². The summed E-state index contributed by atoms with van der Waals surface area (Å²) in [5.74, 6) is -0.477. The minimum Gasteiger partial charge on any atom is -0.358 e. The number of hydrogen-bond acceptors (Lipinski definition) is 8. The van der Waals surface area contributed by atoms with Crippen molar-refractivity contribution in [3.05, 3.63) is 52.5 Å². The number of aromatic nitrogens is 5. The molecule has 0 saturated heterocycles. The number of rotatable bonds is 5. The third kappa shape index (κ3) is 3.20. The molecule has 4 rings (SSSR count). The van der Waals surface area contributed by atoms with Gasteiger partial charge >= 0.3 is 5.82 Å². The number of aliphatic imine (C=N–C) groups is 1. The summed E-state index contributed by atoms with van der Waals surface area (Å²) in [7, 11) is 1.50. The molecule has 0 amide bonds. The van der Waals surface area contributed by atoms with Crippen molar-refractivity contribution in [3.63, 3.8) is 0 Å². The second-order valence-electron chi connectivity index (χ2n) is 6.74. The molecule has 0 atom stereocenters. The van der Waals surface area contributed by atoms with Crippen LogP contribution in [-0.4, -0.2) is 42.6 Å². The molecule has 0 radical (unpaired) electrons. The Bertz CT molecular complexity index is 1190. The molecule has 11 heteroatoms. The van der Waals surface area contributed by atoms with E-state index in [9.17, 15) is 10.1 Å². The lowest BCUT2D eigenvalue weighted by Crippen LogP contribution is -2.25. The van der Waals surface area contributed by atoms with Crippen LogP contribution < -0.4 is 5.73 Å². The van der Waals surface area contributed by atoms with E-state index in [-0.39, 0.29) is 23.2 Å². The summed E-state index contributed by atoms with van der Waals surface area (Å²) in [6.07, 6.45) is 9.59. The van der Waals surface area contributed by atoms with Gasteiger partial charge in [0.25, 0.3) is 0 Å². The normalized spacial score (nSPS) is 19.7. The van der Waals surface area contributed by atoms with Gasteiger partial charge in [-0.25, -0.2) is 9.50 Å². The van der Waals surface area contributed by atoms with Crippen LogP contribution in [0.3, 0.4) is 0 Å². The van der Waals surface area contributed by atoms with Gasteiger partial charge in [-0.1, -0.05) is 0 Å². The summed E-state index contributed by atoms with van der Waals surface area (Å²) in [4.78, 5) is 19.0. The zero-order chi connectivity index (χ0) is 20.5. The maximum absolute atomic E-state index is 11.2. The number of fused-ring (bicyclic) bond motifs is 1. The summed E-state index contributed by atoms with van der Waals surface area (Å²) in [5, 5.41) is 28.8. The van der Waals surface area contributed by atoms with Crippen molar-refractivity contribution in [1.29, 1.82) is 5.26 Å². The molecule has 1 aliphatic carbocycles. The number of nitrogens with two attached hydrogens (primary N) is 1. The monoisotopic (exact) mass is 391 g/mol. The maximum Gasteiger partial charge on any atom is 0.325 e. The Morgan fingerprint density at radius 2 is 2.24 bits per heavy atom. The van der Waals surface area contributed by atoms with E-state index in [0.717, 1.165) is 23.9 Å². The molecule has 1 fully saturated rings. The average Bonchev–Trinajstić information content (AvgIpc) is 3.33. The second kappa shape index (κ2) is 7.16. The van der Waals surface area contributed by atoms with E-state index in [0.29, 0.717) is 5.69 Å². The lowest BCUT2D eigenvalue weighted by molar-refractivity contribution is -0.425. The molecule has 11 nitrogen and oxygen atoms in total. The maximum atomic E-state index is 11.2. The van der Waals surface area contributed by atoms with Crippen LogP contribution in [-0.2, 0) is 0 Å². The minimum atomic E-state index is -0.675. The molecule has 3 heterocycles. The molecule has 3 aromatic heterocycles. The summed E-state index contributed by atoms with van der Waals surface area (Å²) < 4.78 is 3.42. The first kappa shape index (κ1) is 18.3. The number of hydrogen-bond donors (Lipinski definition) is 1. The molecule has 29 heavy (non-hydrogen) atoms. The van der Waals surface area contributed by atoms with E-state index in [1.54, 1.807) is 29.2 Å².